The van der Waals surface area contributed by atoms with Crippen LogP contribution in [0.1, 0.15) is 64.3 Å². The molecular formula is C16H30N4. The van der Waals surface area contributed by atoms with Crippen LogP contribution >= 0.6 is 0 Å². The SMILES string of the molecule is CCCCC(CCC)Nc1nc(C)nc(NCC)c1C. The van der Waals surface area contributed by atoms with Gasteiger partial charge in [0.2, 0.25) is 0 Å². The zero-order valence-electron chi connectivity index (χ0n) is 13.7. The molecule has 0 saturated heterocycles. The molecule has 1 unspecified atom stereocenters. The van der Waals surface area contributed by atoms with Crippen LogP contribution in [-0.4, -0.2) is 22.6 Å². The lowest BCUT2D eigenvalue weighted by Crippen LogP contribution is -2.21. The van der Waals surface area contributed by atoms with Gasteiger partial charge in [-0.3, -0.25) is 0 Å². The van der Waals surface area contributed by atoms with Gasteiger partial charge in [-0.2, -0.15) is 0 Å². The fourth-order valence-electron chi connectivity index (χ4n) is 2.39. The van der Waals surface area contributed by atoms with Crippen LogP contribution in [0.5, 0.6) is 0 Å². The average Bonchev–Trinajstić information content (AvgIpc) is 2.41. The lowest BCUT2D eigenvalue weighted by Gasteiger charge is -2.21. The van der Waals surface area contributed by atoms with Gasteiger partial charge in [0.15, 0.2) is 0 Å². The predicted molar refractivity (Wildman–Crippen MR) is 87.5 cm³/mol. The van der Waals surface area contributed by atoms with Crippen molar-refractivity contribution in [1.29, 1.82) is 0 Å². The standard InChI is InChI=1S/C16H30N4/c1-6-9-11-14(10-7-2)20-16-12(4)15(17-8-3)18-13(5)19-16/h14H,6-11H2,1-5H3,(H2,17,18,19,20). The second-order valence-corrected chi connectivity index (χ2v) is 5.40. The minimum absolute atomic E-state index is 0.516. The fraction of sp³-hybridized carbons (Fsp3) is 0.750. The first-order chi connectivity index (χ1) is 9.62. The van der Waals surface area contributed by atoms with E-state index in [1.807, 2.05) is 6.92 Å². The summed E-state index contributed by atoms with van der Waals surface area (Å²) in [5, 5.41) is 6.95. The van der Waals surface area contributed by atoms with Gasteiger partial charge in [-0.05, 0) is 33.6 Å². The first-order valence-corrected chi connectivity index (χ1v) is 7.97. The van der Waals surface area contributed by atoms with Crippen molar-refractivity contribution < 1.29 is 0 Å². The zero-order chi connectivity index (χ0) is 15.0. The third-order valence-corrected chi connectivity index (χ3v) is 3.49. The number of nitrogens with one attached hydrogen (secondary N) is 2. The van der Waals surface area contributed by atoms with Gasteiger partial charge in [0.25, 0.3) is 0 Å². The van der Waals surface area contributed by atoms with Crippen molar-refractivity contribution in [2.45, 2.75) is 72.8 Å². The van der Waals surface area contributed by atoms with Crippen molar-refractivity contribution in [2.24, 2.45) is 0 Å². The summed E-state index contributed by atoms with van der Waals surface area (Å²) in [5.41, 5.74) is 1.12. The third kappa shape index (κ3) is 4.99. The van der Waals surface area contributed by atoms with E-state index in [0.717, 1.165) is 29.6 Å². The van der Waals surface area contributed by atoms with Crippen LogP contribution in [0.15, 0.2) is 0 Å². The largest absolute Gasteiger partial charge is 0.370 e. The van der Waals surface area contributed by atoms with Crippen molar-refractivity contribution in [3.05, 3.63) is 11.4 Å². The van der Waals surface area contributed by atoms with Gasteiger partial charge < -0.3 is 10.6 Å². The van der Waals surface area contributed by atoms with E-state index in [4.69, 9.17) is 0 Å². The summed E-state index contributed by atoms with van der Waals surface area (Å²) in [6.07, 6.45) is 6.11. The molecule has 4 heteroatoms. The van der Waals surface area contributed by atoms with Crippen molar-refractivity contribution in [1.82, 2.24) is 9.97 Å². The first kappa shape index (κ1) is 16.7. The van der Waals surface area contributed by atoms with E-state index in [-0.39, 0.29) is 0 Å². The molecule has 1 heterocycles. The molecule has 1 atom stereocenters. The van der Waals surface area contributed by atoms with Crippen LogP contribution in [0.2, 0.25) is 0 Å². The van der Waals surface area contributed by atoms with Crippen LogP contribution in [0.25, 0.3) is 0 Å². The van der Waals surface area contributed by atoms with Gasteiger partial charge in [-0.1, -0.05) is 33.1 Å². The van der Waals surface area contributed by atoms with Gasteiger partial charge >= 0.3 is 0 Å². The predicted octanol–water partition coefficient (Wildman–Crippen LogP) is 4.30. The minimum atomic E-state index is 0.516. The molecule has 4 nitrogen and oxygen atoms in total. The topological polar surface area (TPSA) is 49.8 Å². The molecule has 20 heavy (non-hydrogen) atoms. The third-order valence-electron chi connectivity index (χ3n) is 3.49. The van der Waals surface area contributed by atoms with Gasteiger partial charge in [0.1, 0.15) is 17.5 Å². The molecule has 0 aliphatic carbocycles. The van der Waals surface area contributed by atoms with E-state index in [1.54, 1.807) is 0 Å². The normalized spacial score (nSPS) is 12.2. The summed E-state index contributed by atoms with van der Waals surface area (Å²) >= 11 is 0. The number of unbranched alkanes of at least 4 members (excludes halogenated alkanes) is 1. The van der Waals surface area contributed by atoms with Crippen LogP contribution in [0.4, 0.5) is 11.6 Å². The molecule has 0 aliphatic heterocycles. The summed E-state index contributed by atoms with van der Waals surface area (Å²) in [7, 11) is 0. The molecule has 2 N–H and O–H groups in total. The molecule has 0 aliphatic rings. The molecule has 114 valence electrons. The van der Waals surface area contributed by atoms with Crippen LogP contribution in [0, 0.1) is 13.8 Å². The van der Waals surface area contributed by atoms with E-state index >= 15 is 0 Å². The molecule has 0 fully saturated rings. The van der Waals surface area contributed by atoms with Gasteiger partial charge in [0.05, 0.1) is 0 Å². The van der Waals surface area contributed by atoms with Crippen LogP contribution in [0.3, 0.4) is 0 Å². The summed E-state index contributed by atoms with van der Waals surface area (Å²) < 4.78 is 0. The molecule has 1 aromatic heterocycles. The average molecular weight is 278 g/mol. The molecule has 1 aromatic rings. The second kappa shape index (κ2) is 8.77. The Labute approximate surface area is 123 Å². The monoisotopic (exact) mass is 278 g/mol. The number of rotatable bonds is 9. The summed E-state index contributed by atoms with van der Waals surface area (Å²) in [6, 6.07) is 0.516. The highest BCUT2D eigenvalue weighted by atomic mass is 15.1. The van der Waals surface area contributed by atoms with E-state index < -0.39 is 0 Å². The first-order valence-electron chi connectivity index (χ1n) is 7.97. The molecular weight excluding hydrogens is 248 g/mol. The van der Waals surface area contributed by atoms with E-state index in [0.29, 0.717) is 6.04 Å². The Bertz CT molecular complexity index is 404. The maximum Gasteiger partial charge on any atom is 0.134 e. The Morgan fingerprint density at radius 2 is 1.65 bits per heavy atom. The molecule has 0 aromatic carbocycles. The highest BCUT2D eigenvalue weighted by molar-refractivity contribution is 5.57. The quantitative estimate of drug-likeness (QED) is 0.707. The highest BCUT2D eigenvalue weighted by Crippen LogP contribution is 2.22. The smallest absolute Gasteiger partial charge is 0.134 e. The van der Waals surface area contributed by atoms with E-state index in [2.05, 4.69) is 48.3 Å². The Morgan fingerprint density at radius 3 is 2.25 bits per heavy atom. The van der Waals surface area contributed by atoms with Crippen molar-refractivity contribution >= 4 is 11.6 Å². The Morgan fingerprint density at radius 1 is 0.950 bits per heavy atom. The van der Waals surface area contributed by atoms with Crippen LogP contribution in [-0.2, 0) is 0 Å². The maximum absolute atomic E-state index is 4.58. The molecule has 0 bridgehead atoms. The molecule has 0 saturated carbocycles. The minimum Gasteiger partial charge on any atom is -0.370 e. The Hall–Kier alpha value is -1.32. The van der Waals surface area contributed by atoms with Crippen molar-refractivity contribution in [3.8, 4) is 0 Å². The maximum atomic E-state index is 4.58. The number of aryl methyl sites for hydroxylation is 1. The highest BCUT2D eigenvalue weighted by Gasteiger charge is 2.13. The Kier molecular flexibility index (Phi) is 7.34. The van der Waals surface area contributed by atoms with Crippen molar-refractivity contribution in [2.75, 3.05) is 17.2 Å². The number of aromatic nitrogens is 2. The molecule has 0 spiro atoms. The summed E-state index contributed by atoms with van der Waals surface area (Å²) in [6.45, 7) is 11.5. The lowest BCUT2D eigenvalue weighted by molar-refractivity contribution is 0.562. The molecule has 0 radical (unpaired) electrons. The van der Waals surface area contributed by atoms with E-state index in [9.17, 15) is 0 Å². The molecule has 1 rings (SSSR count). The fourth-order valence-corrected chi connectivity index (χ4v) is 2.39. The number of hydrogen-bond acceptors (Lipinski definition) is 4. The lowest BCUT2D eigenvalue weighted by atomic mass is 10.0. The van der Waals surface area contributed by atoms with Gasteiger partial charge in [-0.15, -0.1) is 0 Å². The number of hydrogen-bond donors (Lipinski definition) is 2. The summed E-state index contributed by atoms with van der Waals surface area (Å²) in [5.74, 6) is 2.76. The number of anilines is 2. The Balaban J connectivity index is 2.87. The van der Waals surface area contributed by atoms with Crippen LogP contribution < -0.4 is 10.6 Å². The number of nitrogens with zero attached hydrogens (tertiary/aromatic N) is 2. The second-order valence-electron chi connectivity index (χ2n) is 5.40. The van der Waals surface area contributed by atoms with Gasteiger partial charge in [-0.25, -0.2) is 9.97 Å². The van der Waals surface area contributed by atoms with Crippen molar-refractivity contribution in [3.63, 3.8) is 0 Å². The summed E-state index contributed by atoms with van der Waals surface area (Å²) in [4.78, 5) is 9.06. The zero-order valence-corrected chi connectivity index (χ0v) is 13.7. The van der Waals surface area contributed by atoms with E-state index in [1.165, 1.54) is 32.1 Å². The van der Waals surface area contributed by atoms with Gasteiger partial charge in [0, 0.05) is 18.2 Å². The molecule has 0 amide bonds.